The molecule has 0 amide bonds. The first-order valence-electron chi connectivity index (χ1n) is 13.0. The van der Waals surface area contributed by atoms with E-state index in [1.807, 2.05) is 55.4 Å². The minimum Gasteiger partial charge on any atom is -0.492 e. The SMILES string of the molecule is C/C=N\N1C=CC(Oc2ccc(Nc3ncnc4ccc(C)c(OCC(C)CCCC)c34)cc2C)=CC1. The summed E-state index contributed by atoms with van der Waals surface area (Å²) in [5.41, 5.74) is 3.87. The molecule has 7 nitrogen and oxygen atoms in total. The fraction of sp³-hybridized carbons (Fsp3) is 0.367. The molecule has 2 heterocycles. The summed E-state index contributed by atoms with van der Waals surface area (Å²) in [6.45, 7) is 11.8. The summed E-state index contributed by atoms with van der Waals surface area (Å²) in [6.07, 6.45) is 12.8. The van der Waals surface area contributed by atoms with Gasteiger partial charge in [0.1, 0.15) is 29.4 Å². The molecule has 7 heteroatoms. The van der Waals surface area contributed by atoms with Crippen molar-refractivity contribution in [2.24, 2.45) is 11.0 Å². The van der Waals surface area contributed by atoms with Crippen LogP contribution in [0.2, 0.25) is 0 Å². The van der Waals surface area contributed by atoms with Gasteiger partial charge in [0, 0.05) is 18.1 Å². The second kappa shape index (κ2) is 12.4. The van der Waals surface area contributed by atoms with E-state index in [-0.39, 0.29) is 0 Å². The van der Waals surface area contributed by atoms with Crippen molar-refractivity contribution in [1.82, 2.24) is 15.0 Å². The van der Waals surface area contributed by atoms with Gasteiger partial charge < -0.3 is 14.8 Å². The van der Waals surface area contributed by atoms with E-state index in [2.05, 4.69) is 53.3 Å². The third kappa shape index (κ3) is 6.67. The molecule has 0 fully saturated rings. The Hall–Kier alpha value is -3.87. The van der Waals surface area contributed by atoms with Crippen LogP contribution in [0, 0.1) is 19.8 Å². The highest BCUT2D eigenvalue weighted by Gasteiger charge is 2.15. The Labute approximate surface area is 219 Å². The van der Waals surface area contributed by atoms with Crippen LogP contribution in [0.25, 0.3) is 10.9 Å². The molecule has 0 bridgehead atoms. The third-order valence-corrected chi connectivity index (χ3v) is 6.34. The molecule has 0 saturated heterocycles. The minimum atomic E-state index is 0.488. The average Bonchev–Trinajstić information content (AvgIpc) is 2.90. The van der Waals surface area contributed by atoms with E-state index in [4.69, 9.17) is 9.47 Å². The van der Waals surface area contributed by atoms with Crippen LogP contribution in [0.5, 0.6) is 11.5 Å². The first-order chi connectivity index (χ1) is 18.0. The highest BCUT2D eigenvalue weighted by Crippen LogP contribution is 2.35. The number of ether oxygens (including phenoxy) is 2. The molecular weight excluding hydrogens is 462 g/mol. The van der Waals surface area contributed by atoms with Gasteiger partial charge in [-0.3, -0.25) is 5.01 Å². The van der Waals surface area contributed by atoms with Crippen molar-refractivity contribution in [3.05, 3.63) is 71.9 Å². The lowest BCUT2D eigenvalue weighted by Crippen LogP contribution is -2.14. The topological polar surface area (TPSA) is 71.9 Å². The molecule has 0 radical (unpaired) electrons. The predicted molar refractivity (Wildman–Crippen MR) is 152 cm³/mol. The lowest BCUT2D eigenvalue weighted by atomic mass is 10.1. The molecule has 1 aliphatic heterocycles. The van der Waals surface area contributed by atoms with Gasteiger partial charge in [-0.15, -0.1) is 0 Å². The van der Waals surface area contributed by atoms with E-state index in [1.165, 1.54) is 12.8 Å². The Morgan fingerprint density at radius 1 is 1.16 bits per heavy atom. The molecule has 1 atom stereocenters. The van der Waals surface area contributed by atoms with Crippen molar-refractivity contribution < 1.29 is 9.47 Å². The summed E-state index contributed by atoms with van der Waals surface area (Å²) in [7, 11) is 0. The van der Waals surface area contributed by atoms with Gasteiger partial charge >= 0.3 is 0 Å². The molecule has 1 N–H and O–H groups in total. The molecule has 194 valence electrons. The largest absolute Gasteiger partial charge is 0.492 e. The first kappa shape index (κ1) is 26.2. The van der Waals surface area contributed by atoms with E-state index in [0.717, 1.165) is 57.2 Å². The number of benzene rings is 2. The van der Waals surface area contributed by atoms with E-state index in [1.54, 1.807) is 12.5 Å². The van der Waals surface area contributed by atoms with Crippen LogP contribution in [0.3, 0.4) is 0 Å². The highest BCUT2D eigenvalue weighted by atomic mass is 16.5. The molecule has 0 spiro atoms. The number of hydrogen-bond acceptors (Lipinski definition) is 7. The maximum Gasteiger partial charge on any atom is 0.145 e. The second-order valence-electron chi connectivity index (χ2n) is 9.51. The van der Waals surface area contributed by atoms with E-state index in [0.29, 0.717) is 19.1 Å². The summed E-state index contributed by atoms with van der Waals surface area (Å²) in [5, 5.41) is 10.5. The number of hydrogen-bond donors (Lipinski definition) is 1. The fourth-order valence-corrected chi connectivity index (χ4v) is 4.26. The van der Waals surface area contributed by atoms with Crippen LogP contribution >= 0.6 is 0 Å². The zero-order chi connectivity index (χ0) is 26.2. The fourth-order valence-electron chi connectivity index (χ4n) is 4.26. The number of rotatable bonds is 11. The standard InChI is InChI=1S/C30H37N5O2/c1-6-8-9-21(3)19-36-29-22(4)10-12-26-28(29)30(32-20-31-26)34-24-11-13-27(23(5)18-24)37-25-14-16-35(17-15-25)33-7-2/h7,10-16,18,20-21H,6,8-9,17,19H2,1-5H3,(H,31,32,34)/b33-7-. The second-order valence-corrected chi connectivity index (χ2v) is 9.51. The number of unbranched alkanes of at least 4 members (excludes halogenated alkanes) is 1. The molecule has 1 aliphatic rings. The molecule has 1 unspecified atom stereocenters. The number of nitrogens with one attached hydrogen (secondary N) is 1. The number of aryl methyl sites for hydroxylation is 2. The predicted octanol–water partition coefficient (Wildman–Crippen LogP) is 7.29. The van der Waals surface area contributed by atoms with Crippen LogP contribution in [-0.2, 0) is 0 Å². The molecular formula is C30H37N5O2. The summed E-state index contributed by atoms with van der Waals surface area (Å²) in [4.78, 5) is 9.08. The lowest BCUT2D eigenvalue weighted by Gasteiger charge is -2.19. The van der Waals surface area contributed by atoms with Crippen LogP contribution in [-0.4, -0.2) is 34.3 Å². The van der Waals surface area contributed by atoms with Crippen molar-refractivity contribution in [2.45, 2.75) is 53.9 Å². The quantitative estimate of drug-likeness (QED) is 0.279. The Morgan fingerprint density at radius 3 is 2.76 bits per heavy atom. The summed E-state index contributed by atoms with van der Waals surface area (Å²) in [5.74, 6) is 3.67. The van der Waals surface area contributed by atoms with E-state index in [9.17, 15) is 0 Å². The number of aromatic nitrogens is 2. The van der Waals surface area contributed by atoms with Gasteiger partial charge in [0.05, 0.1) is 24.1 Å². The Balaban J connectivity index is 1.53. The van der Waals surface area contributed by atoms with Gasteiger partial charge in [-0.2, -0.15) is 5.10 Å². The maximum atomic E-state index is 6.37. The van der Waals surface area contributed by atoms with Crippen molar-refractivity contribution in [3.63, 3.8) is 0 Å². The molecule has 3 aromatic rings. The van der Waals surface area contributed by atoms with Crippen molar-refractivity contribution in [2.75, 3.05) is 18.5 Å². The maximum absolute atomic E-state index is 6.37. The smallest absolute Gasteiger partial charge is 0.145 e. The van der Waals surface area contributed by atoms with Crippen LogP contribution in [0.1, 0.15) is 51.2 Å². The van der Waals surface area contributed by atoms with E-state index < -0.39 is 0 Å². The lowest BCUT2D eigenvalue weighted by molar-refractivity contribution is 0.251. The van der Waals surface area contributed by atoms with Gasteiger partial charge in [-0.1, -0.05) is 32.8 Å². The van der Waals surface area contributed by atoms with Crippen molar-refractivity contribution in [3.8, 4) is 11.5 Å². The first-order valence-corrected chi connectivity index (χ1v) is 13.0. The molecule has 4 rings (SSSR count). The van der Waals surface area contributed by atoms with Crippen LogP contribution in [0.15, 0.2) is 65.9 Å². The van der Waals surface area contributed by atoms with E-state index >= 15 is 0 Å². The number of hydrazone groups is 1. The van der Waals surface area contributed by atoms with Gasteiger partial charge in [0.25, 0.3) is 0 Å². The molecule has 0 aliphatic carbocycles. The number of allylic oxidation sites excluding steroid dienone is 1. The average molecular weight is 500 g/mol. The molecule has 0 saturated carbocycles. The summed E-state index contributed by atoms with van der Waals surface area (Å²) >= 11 is 0. The van der Waals surface area contributed by atoms with Crippen molar-refractivity contribution >= 4 is 28.6 Å². The minimum absolute atomic E-state index is 0.488. The highest BCUT2D eigenvalue weighted by molar-refractivity contribution is 5.96. The van der Waals surface area contributed by atoms with Gasteiger partial charge in [-0.25, -0.2) is 9.97 Å². The Morgan fingerprint density at radius 2 is 2.03 bits per heavy atom. The zero-order valence-electron chi connectivity index (χ0n) is 22.5. The summed E-state index contributed by atoms with van der Waals surface area (Å²) in [6, 6.07) is 10.1. The Kier molecular flexibility index (Phi) is 8.77. The van der Waals surface area contributed by atoms with Crippen LogP contribution < -0.4 is 14.8 Å². The molecule has 1 aromatic heterocycles. The normalized spacial score (nSPS) is 14.2. The van der Waals surface area contributed by atoms with Crippen LogP contribution in [0.4, 0.5) is 11.5 Å². The van der Waals surface area contributed by atoms with Gasteiger partial charge in [0.2, 0.25) is 0 Å². The van der Waals surface area contributed by atoms with Gasteiger partial charge in [0.15, 0.2) is 0 Å². The number of fused-ring (bicyclic) bond motifs is 1. The third-order valence-electron chi connectivity index (χ3n) is 6.34. The number of anilines is 2. The number of nitrogens with zero attached hydrogens (tertiary/aromatic N) is 4. The van der Waals surface area contributed by atoms with Gasteiger partial charge in [-0.05, 0) is 80.7 Å². The molecule has 37 heavy (non-hydrogen) atoms. The summed E-state index contributed by atoms with van der Waals surface area (Å²) < 4.78 is 12.5. The zero-order valence-corrected chi connectivity index (χ0v) is 22.5. The monoisotopic (exact) mass is 499 g/mol. The Bertz CT molecular complexity index is 1310. The molecule has 2 aromatic carbocycles. The van der Waals surface area contributed by atoms with Crippen molar-refractivity contribution in [1.29, 1.82) is 0 Å².